The van der Waals surface area contributed by atoms with Crippen molar-refractivity contribution in [2.75, 3.05) is 33.4 Å². The molecule has 0 radical (unpaired) electrons. The first-order chi connectivity index (χ1) is 18.6. The Labute approximate surface area is 225 Å². The average molecular weight is 547 g/mol. The molecule has 0 amide bonds. The molecule has 2 heterocycles. The van der Waals surface area contributed by atoms with Crippen molar-refractivity contribution in [3.8, 4) is 11.5 Å². The Bertz CT molecular complexity index is 1300. The summed E-state index contributed by atoms with van der Waals surface area (Å²) >= 11 is 0. The predicted octanol–water partition coefficient (Wildman–Crippen LogP) is 5.42. The highest BCUT2D eigenvalue weighted by molar-refractivity contribution is 5.84. The van der Waals surface area contributed by atoms with Crippen LogP contribution in [-0.4, -0.2) is 59.4 Å². The molecule has 0 spiro atoms. The Morgan fingerprint density at radius 1 is 1.13 bits per heavy atom. The number of piperidine rings is 1. The third kappa shape index (κ3) is 6.80. The second-order valence-corrected chi connectivity index (χ2v) is 10.3. The van der Waals surface area contributed by atoms with Crippen molar-refractivity contribution in [2.24, 2.45) is 5.41 Å². The molecule has 0 bridgehead atoms. The van der Waals surface area contributed by atoms with Gasteiger partial charge < -0.3 is 19.7 Å². The van der Waals surface area contributed by atoms with Gasteiger partial charge in [0.1, 0.15) is 18.1 Å². The van der Waals surface area contributed by atoms with Crippen molar-refractivity contribution in [3.63, 3.8) is 0 Å². The first-order valence-corrected chi connectivity index (χ1v) is 12.9. The Balaban J connectivity index is 1.38. The SMILES string of the molecule is COc1ccc2ncc(C)c([C@@H](O)CCC3(CC(=O)O)CCN(CCOc4cc(F)c(F)c(F)c4)CC3)c2c1. The number of aliphatic carboxylic acids is 1. The summed E-state index contributed by atoms with van der Waals surface area (Å²) in [5, 5.41) is 21.7. The lowest BCUT2D eigenvalue weighted by atomic mass is 9.71. The van der Waals surface area contributed by atoms with Crippen molar-refractivity contribution in [2.45, 2.75) is 45.1 Å². The maximum absolute atomic E-state index is 13.4. The molecule has 3 aromatic rings. The summed E-state index contributed by atoms with van der Waals surface area (Å²) in [5.41, 5.74) is 1.90. The fraction of sp³-hybridized carbons (Fsp3) is 0.448. The lowest BCUT2D eigenvalue weighted by Crippen LogP contribution is -2.42. The van der Waals surface area contributed by atoms with Crippen LogP contribution in [0.4, 0.5) is 13.2 Å². The highest BCUT2D eigenvalue weighted by atomic mass is 19.2. The van der Waals surface area contributed by atoms with Crippen LogP contribution in [0.5, 0.6) is 11.5 Å². The number of methoxy groups -OCH3 is 1. The number of carboxylic acid groups (broad SMARTS) is 1. The number of rotatable bonds is 11. The van der Waals surface area contributed by atoms with Gasteiger partial charge in [0.05, 0.1) is 25.2 Å². The zero-order valence-corrected chi connectivity index (χ0v) is 22.1. The number of likely N-dealkylation sites (tertiary alicyclic amines) is 1. The monoisotopic (exact) mass is 546 g/mol. The number of aliphatic hydroxyl groups excluding tert-OH is 1. The van der Waals surface area contributed by atoms with Crippen LogP contribution < -0.4 is 9.47 Å². The number of pyridine rings is 1. The minimum atomic E-state index is -1.54. The topological polar surface area (TPSA) is 92.1 Å². The molecule has 0 unspecified atom stereocenters. The van der Waals surface area contributed by atoms with E-state index in [1.54, 1.807) is 13.3 Å². The van der Waals surface area contributed by atoms with Crippen LogP contribution in [0.25, 0.3) is 10.9 Å². The summed E-state index contributed by atoms with van der Waals surface area (Å²) in [6, 6.07) is 7.13. The Morgan fingerprint density at radius 3 is 2.46 bits per heavy atom. The number of hydrogen-bond acceptors (Lipinski definition) is 6. The van der Waals surface area contributed by atoms with Gasteiger partial charge >= 0.3 is 5.97 Å². The summed E-state index contributed by atoms with van der Waals surface area (Å²) < 4.78 is 50.7. The zero-order chi connectivity index (χ0) is 28.2. The van der Waals surface area contributed by atoms with E-state index in [-0.39, 0.29) is 18.8 Å². The number of carbonyl (C=O) groups is 1. The Morgan fingerprint density at radius 2 is 1.82 bits per heavy atom. The number of aryl methyl sites for hydroxylation is 1. The molecule has 1 aliphatic heterocycles. The Hall–Kier alpha value is -3.37. The molecule has 2 aromatic carbocycles. The van der Waals surface area contributed by atoms with Crippen LogP contribution >= 0.6 is 0 Å². The lowest BCUT2D eigenvalue weighted by molar-refractivity contribution is -0.141. The highest BCUT2D eigenvalue weighted by Gasteiger charge is 2.37. The third-order valence-corrected chi connectivity index (χ3v) is 7.67. The van der Waals surface area contributed by atoms with E-state index >= 15 is 0 Å². The molecule has 39 heavy (non-hydrogen) atoms. The van der Waals surface area contributed by atoms with Gasteiger partial charge in [-0.2, -0.15) is 0 Å². The van der Waals surface area contributed by atoms with Crippen LogP contribution in [0.2, 0.25) is 0 Å². The first-order valence-electron chi connectivity index (χ1n) is 12.9. The molecule has 10 heteroatoms. The first kappa shape index (κ1) is 28.6. The van der Waals surface area contributed by atoms with Gasteiger partial charge in [0.25, 0.3) is 0 Å². The fourth-order valence-electron chi connectivity index (χ4n) is 5.44. The minimum absolute atomic E-state index is 0.00207. The molecule has 7 nitrogen and oxygen atoms in total. The van der Waals surface area contributed by atoms with E-state index in [2.05, 4.69) is 9.88 Å². The molecular formula is C29H33F3N2O5. The summed E-state index contributed by atoms with van der Waals surface area (Å²) in [7, 11) is 1.58. The van der Waals surface area contributed by atoms with Crippen LogP contribution in [0.3, 0.4) is 0 Å². The number of ether oxygens (including phenoxy) is 2. The highest BCUT2D eigenvalue weighted by Crippen LogP contribution is 2.42. The van der Waals surface area contributed by atoms with Gasteiger partial charge in [-0.3, -0.25) is 14.7 Å². The molecule has 0 aliphatic carbocycles. The largest absolute Gasteiger partial charge is 0.497 e. The molecule has 1 aliphatic rings. The van der Waals surface area contributed by atoms with Gasteiger partial charge in [-0.15, -0.1) is 0 Å². The minimum Gasteiger partial charge on any atom is -0.497 e. The van der Waals surface area contributed by atoms with Crippen molar-refractivity contribution in [1.29, 1.82) is 0 Å². The number of carboxylic acids is 1. The fourth-order valence-corrected chi connectivity index (χ4v) is 5.44. The maximum Gasteiger partial charge on any atom is 0.303 e. The normalized spacial score (nSPS) is 16.3. The van der Waals surface area contributed by atoms with Gasteiger partial charge in [0, 0.05) is 30.3 Å². The number of hydrogen-bond donors (Lipinski definition) is 2. The second kappa shape index (κ2) is 12.2. The second-order valence-electron chi connectivity index (χ2n) is 10.3. The number of nitrogens with zero attached hydrogens (tertiary/aromatic N) is 2. The van der Waals surface area contributed by atoms with Crippen LogP contribution in [-0.2, 0) is 4.79 Å². The molecule has 0 saturated carbocycles. The summed E-state index contributed by atoms with van der Waals surface area (Å²) in [6.45, 7) is 3.75. The van der Waals surface area contributed by atoms with Gasteiger partial charge in [0.2, 0.25) is 0 Å². The molecule has 1 fully saturated rings. The van der Waals surface area contributed by atoms with Crippen molar-refractivity contribution < 1.29 is 37.7 Å². The van der Waals surface area contributed by atoms with Crippen LogP contribution in [0.15, 0.2) is 36.5 Å². The zero-order valence-electron chi connectivity index (χ0n) is 22.1. The number of fused-ring (bicyclic) bond motifs is 1. The van der Waals surface area contributed by atoms with E-state index in [0.29, 0.717) is 51.1 Å². The molecule has 2 N–H and O–H groups in total. The summed E-state index contributed by atoms with van der Waals surface area (Å²) in [6.07, 6.45) is 3.11. The maximum atomic E-state index is 13.4. The smallest absolute Gasteiger partial charge is 0.303 e. The lowest BCUT2D eigenvalue weighted by Gasteiger charge is -2.41. The number of aliphatic hydroxyl groups is 1. The van der Waals surface area contributed by atoms with E-state index in [9.17, 15) is 28.2 Å². The van der Waals surface area contributed by atoms with Crippen molar-refractivity contribution in [1.82, 2.24) is 9.88 Å². The van der Waals surface area contributed by atoms with Gasteiger partial charge in [0.15, 0.2) is 17.5 Å². The predicted molar refractivity (Wildman–Crippen MR) is 139 cm³/mol. The summed E-state index contributed by atoms with van der Waals surface area (Å²) in [5.74, 6) is -4.46. The molecular weight excluding hydrogens is 513 g/mol. The van der Waals surface area contributed by atoms with Gasteiger partial charge in [-0.1, -0.05) is 0 Å². The molecule has 1 aromatic heterocycles. The molecule has 210 valence electrons. The van der Waals surface area contributed by atoms with Crippen LogP contribution in [0, 0.1) is 29.8 Å². The average Bonchev–Trinajstić information content (AvgIpc) is 2.90. The number of halogens is 3. The van der Waals surface area contributed by atoms with Crippen molar-refractivity contribution >= 4 is 16.9 Å². The van der Waals surface area contributed by atoms with E-state index < -0.39 is 34.9 Å². The standard InChI is InChI=1S/C29H33F3N2O5/c1-18-17-33-24-4-3-19(38-2)13-21(24)27(18)25(35)5-6-29(16-26(36)37)7-9-34(10-8-29)11-12-39-20-14-22(30)28(32)23(31)15-20/h3-4,13-15,17,25,35H,5-12,16H2,1-2H3,(H,36,37)/t25-/m0/s1. The Kier molecular flexibility index (Phi) is 8.97. The van der Waals surface area contributed by atoms with E-state index in [1.165, 1.54) is 0 Å². The van der Waals surface area contributed by atoms with E-state index in [0.717, 1.165) is 34.2 Å². The molecule has 1 atom stereocenters. The van der Waals surface area contributed by atoms with Gasteiger partial charge in [-0.05, 0) is 80.4 Å². The van der Waals surface area contributed by atoms with E-state index in [1.807, 2.05) is 25.1 Å². The third-order valence-electron chi connectivity index (χ3n) is 7.67. The van der Waals surface area contributed by atoms with E-state index in [4.69, 9.17) is 9.47 Å². The quantitative estimate of drug-likeness (QED) is 0.311. The summed E-state index contributed by atoms with van der Waals surface area (Å²) in [4.78, 5) is 18.3. The van der Waals surface area contributed by atoms with Gasteiger partial charge in [-0.25, -0.2) is 13.2 Å². The van der Waals surface area contributed by atoms with Crippen molar-refractivity contribution in [3.05, 3.63) is 65.1 Å². The molecule has 1 saturated heterocycles. The number of aromatic nitrogens is 1. The number of benzene rings is 2. The molecule has 4 rings (SSSR count). The van der Waals surface area contributed by atoms with Crippen LogP contribution in [0.1, 0.15) is 49.3 Å².